The quantitative estimate of drug-likeness (QED) is 0.795. The maximum Gasteiger partial charge on any atom is 0.352 e. The van der Waals surface area contributed by atoms with E-state index in [0.717, 1.165) is 4.57 Å². The first-order chi connectivity index (χ1) is 8.44. The number of aliphatic hydroxyl groups is 1. The number of rotatable bonds is 2. The van der Waals surface area contributed by atoms with Crippen molar-refractivity contribution in [1.82, 2.24) is 9.55 Å². The van der Waals surface area contributed by atoms with Crippen LogP contribution in [0.1, 0.15) is 19.6 Å². The van der Waals surface area contributed by atoms with E-state index in [9.17, 15) is 9.18 Å². The summed E-state index contributed by atoms with van der Waals surface area (Å²) < 4.78 is 20.6. The molecule has 1 aliphatic rings. The lowest BCUT2D eigenvalue weighted by Crippen LogP contribution is -2.42. The molecule has 1 aromatic heterocycles. The lowest BCUT2D eigenvalue weighted by atomic mass is 9.99. The molecular weight excluding hydrogens is 241 g/mol. The molecular formula is C11H14FN3O3. The molecule has 2 rings (SSSR count). The predicted octanol–water partition coefficient (Wildman–Crippen LogP) is 0.349. The predicted molar refractivity (Wildman–Crippen MR) is 62.3 cm³/mol. The number of hydrogen-bond acceptors (Lipinski definition) is 5. The van der Waals surface area contributed by atoms with Crippen molar-refractivity contribution in [1.29, 1.82) is 0 Å². The van der Waals surface area contributed by atoms with Crippen LogP contribution in [0, 0.1) is 0 Å². The van der Waals surface area contributed by atoms with Crippen molar-refractivity contribution in [2.24, 2.45) is 0 Å². The standard InChI is InChI=1S/C11H14FN3O3/c1-11(12)4-2-7(6-16)18-9(11)15-5-3-8(13)14-10(15)17/h2-3,5,9,16H,4,6H2,1H3,(H2,13,14,17)/t9-,11?/m1/s1. The first kappa shape index (κ1) is 12.6. The Hall–Kier alpha value is -1.89. The number of hydrogen-bond donors (Lipinski definition) is 2. The molecule has 0 saturated heterocycles. The van der Waals surface area contributed by atoms with Gasteiger partial charge in [-0.3, -0.25) is 4.57 Å². The molecule has 0 aliphatic carbocycles. The number of aromatic nitrogens is 2. The lowest BCUT2D eigenvalue weighted by Gasteiger charge is -2.35. The second kappa shape index (κ2) is 4.41. The van der Waals surface area contributed by atoms with Gasteiger partial charge in [-0.2, -0.15) is 4.98 Å². The Balaban J connectivity index is 2.42. The maximum absolute atomic E-state index is 14.3. The summed E-state index contributed by atoms with van der Waals surface area (Å²) in [7, 11) is 0. The summed E-state index contributed by atoms with van der Waals surface area (Å²) in [6.07, 6.45) is 1.68. The molecule has 0 fully saturated rings. The van der Waals surface area contributed by atoms with E-state index in [1.54, 1.807) is 0 Å². The van der Waals surface area contributed by atoms with Gasteiger partial charge in [0.15, 0.2) is 5.67 Å². The van der Waals surface area contributed by atoms with Crippen molar-refractivity contribution < 1.29 is 14.2 Å². The third kappa shape index (κ3) is 2.21. The fourth-order valence-corrected chi connectivity index (χ4v) is 1.78. The average molecular weight is 255 g/mol. The molecule has 2 heterocycles. The highest BCUT2D eigenvalue weighted by atomic mass is 19.1. The number of anilines is 1. The second-order valence-electron chi connectivity index (χ2n) is 4.32. The molecule has 0 radical (unpaired) electrons. The SMILES string of the molecule is CC1(F)CC=C(CO)O[C@H]1n1ccc(N)nc1=O. The van der Waals surface area contributed by atoms with Crippen LogP contribution in [0.3, 0.4) is 0 Å². The van der Waals surface area contributed by atoms with Crippen molar-refractivity contribution in [3.05, 3.63) is 34.6 Å². The van der Waals surface area contributed by atoms with Gasteiger partial charge in [-0.05, 0) is 19.1 Å². The molecule has 0 saturated carbocycles. The Kier molecular flexibility index (Phi) is 3.08. The zero-order valence-electron chi connectivity index (χ0n) is 9.84. The normalized spacial score (nSPS) is 27.5. The van der Waals surface area contributed by atoms with Gasteiger partial charge in [-0.1, -0.05) is 0 Å². The van der Waals surface area contributed by atoms with E-state index in [0.29, 0.717) is 0 Å². The molecule has 6 nitrogen and oxygen atoms in total. The third-order valence-electron chi connectivity index (χ3n) is 2.77. The minimum absolute atomic E-state index is 0.0460. The average Bonchev–Trinajstić information content (AvgIpc) is 2.30. The van der Waals surface area contributed by atoms with Crippen LogP contribution in [0.4, 0.5) is 10.2 Å². The Morgan fingerprint density at radius 2 is 2.50 bits per heavy atom. The van der Waals surface area contributed by atoms with E-state index < -0.39 is 17.6 Å². The zero-order chi connectivity index (χ0) is 13.3. The number of allylic oxidation sites excluding steroid dienone is 1. The highest BCUT2D eigenvalue weighted by Gasteiger charge is 2.40. The van der Waals surface area contributed by atoms with Gasteiger partial charge in [0.05, 0.1) is 0 Å². The van der Waals surface area contributed by atoms with Gasteiger partial charge in [0, 0.05) is 12.6 Å². The summed E-state index contributed by atoms with van der Waals surface area (Å²) in [6, 6.07) is 1.39. The Bertz CT molecular complexity index is 539. The molecule has 1 unspecified atom stereocenters. The largest absolute Gasteiger partial charge is 0.469 e. The Morgan fingerprint density at radius 3 is 3.11 bits per heavy atom. The Labute approximate surface area is 103 Å². The van der Waals surface area contributed by atoms with E-state index in [1.807, 2.05) is 0 Å². The molecule has 18 heavy (non-hydrogen) atoms. The van der Waals surface area contributed by atoms with Crippen LogP contribution in [0.25, 0.3) is 0 Å². The molecule has 98 valence electrons. The van der Waals surface area contributed by atoms with Gasteiger partial charge in [-0.15, -0.1) is 0 Å². The molecule has 0 aromatic carbocycles. The van der Waals surface area contributed by atoms with Crippen molar-refractivity contribution in [2.75, 3.05) is 12.3 Å². The highest BCUT2D eigenvalue weighted by molar-refractivity contribution is 5.23. The molecule has 0 spiro atoms. The summed E-state index contributed by atoms with van der Waals surface area (Å²) in [6.45, 7) is 0.981. The lowest BCUT2D eigenvalue weighted by molar-refractivity contribution is -0.0890. The number of ether oxygens (including phenoxy) is 1. The van der Waals surface area contributed by atoms with E-state index in [-0.39, 0.29) is 24.6 Å². The zero-order valence-corrected chi connectivity index (χ0v) is 9.84. The fourth-order valence-electron chi connectivity index (χ4n) is 1.78. The topological polar surface area (TPSA) is 90.4 Å². The van der Waals surface area contributed by atoms with Crippen LogP contribution in [0.2, 0.25) is 0 Å². The minimum Gasteiger partial charge on any atom is -0.469 e. The van der Waals surface area contributed by atoms with E-state index in [2.05, 4.69) is 4.98 Å². The van der Waals surface area contributed by atoms with Crippen LogP contribution >= 0.6 is 0 Å². The molecule has 2 atom stereocenters. The maximum atomic E-state index is 14.3. The Morgan fingerprint density at radius 1 is 1.78 bits per heavy atom. The van der Waals surface area contributed by atoms with Gasteiger partial charge < -0.3 is 15.6 Å². The number of nitrogens with zero attached hydrogens (tertiary/aromatic N) is 2. The van der Waals surface area contributed by atoms with Gasteiger partial charge in [-0.25, -0.2) is 9.18 Å². The van der Waals surface area contributed by atoms with Crippen LogP contribution in [0.15, 0.2) is 28.9 Å². The van der Waals surface area contributed by atoms with E-state index in [4.69, 9.17) is 15.6 Å². The van der Waals surface area contributed by atoms with Crippen molar-refractivity contribution in [2.45, 2.75) is 25.2 Å². The smallest absolute Gasteiger partial charge is 0.352 e. The van der Waals surface area contributed by atoms with Gasteiger partial charge in [0.1, 0.15) is 18.2 Å². The monoisotopic (exact) mass is 255 g/mol. The first-order valence-corrected chi connectivity index (χ1v) is 5.44. The van der Waals surface area contributed by atoms with Crippen molar-refractivity contribution in [3.8, 4) is 0 Å². The number of halogens is 1. The number of alkyl halides is 1. The number of nitrogens with two attached hydrogens (primary N) is 1. The summed E-state index contributed by atoms with van der Waals surface area (Å²) in [5.41, 5.74) is 2.91. The summed E-state index contributed by atoms with van der Waals surface area (Å²) in [4.78, 5) is 15.2. The second-order valence-corrected chi connectivity index (χ2v) is 4.32. The van der Waals surface area contributed by atoms with Crippen LogP contribution in [-0.2, 0) is 4.74 Å². The third-order valence-corrected chi connectivity index (χ3v) is 2.77. The van der Waals surface area contributed by atoms with E-state index >= 15 is 0 Å². The van der Waals surface area contributed by atoms with Crippen LogP contribution in [0.5, 0.6) is 0 Å². The van der Waals surface area contributed by atoms with Crippen molar-refractivity contribution in [3.63, 3.8) is 0 Å². The minimum atomic E-state index is -1.76. The fraction of sp³-hybridized carbons (Fsp3) is 0.455. The first-order valence-electron chi connectivity index (χ1n) is 5.44. The summed E-state index contributed by atoms with van der Waals surface area (Å²) in [5, 5.41) is 9.00. The molecule has 3 N–H and O–H groups in total. The van der Waals surface area contributed by atoms with Crippen molar-refractivity contribution >= 4 is 5.82 Å². The van der Waals surface area contributed by atoms with Gasteiger partial charge in [0.25, 0.3) is 0 Å². The van der Waals surface area contributed by atoms with Gasteiger partial charge >= 0.3 is 5.69 Å². The molecule has 1 aromatic rings. The summed E-state index contributed by atoms with van der Waals surface area (Å²) >= 11 is 0. The molecule has 1 aliphatic heterocycles. The molecule has 0 bridgehead atoms. The van der Waals surface area contributed by atoms with E-state index in [1.165, 1.54) is 25.3 Å². The van der Waals surface area contributed by atoms with Gasteiger partial charge in [0.2, 0.25) is 6.23 Å². The number of aliphatic hydroxyl groups excluding tert-OH is 1. The number of nitrogen functional groups attached to an aromatic ring is 1. The summed E-state index contributed by atoms with van der Waals surface area (Å²) in [5.74, 6) is 0.296. The van der Waals surface area contributed by atoms with Crippen LogP contribution < -0.4 is 11.4 Å². The highest BCUT2D eigenvalue weighted by Crippen LogP contribution is 2.36. The van der Waals surface area contributed by atoms with Crippen LogP contribution in [-0.4, -0.2) is 26.9 Å². The molecule has 7 heteroatoms. The molecule has 0 amide bonds.